The summed E-state index contributed by atoms with van der Waals surface area (Å²) in [6, 6.07) is 14.8. The van der Waals surface area contributed by atoms with E-state index in [1.165, 1.54) is 0 Å². The van der Waals surface area contributed by atoms with Gasteiger partial charge in [-0.1, -0.05) is 30.3 Å². The first-order valence-electron chi connectivity index (χ1n) is 8.23. The fourth-order valence-electron chi connectivity index (χ4n) is 2.56. The van der Waals surface area contributed by atoms with Gasteiger partial charge < -0.3 is 19.5 Å². The smallest absolute Gasteiger partial charge is 0.311 e. The molecular weight excluding hydrogens is 318 g/mol. The van der Waals surface area contributed by atoms with Crippen LogP contribution in [0.15, 0.2) is 48.5 Å². The van der Waals surface area contributed by atoms with Crippen LogP contribution in [0, 0.1) is 0 Å². The van der Waals surface area contributed by atoms with Gasteiger partial charge in [-0.25, -0.2) is 0 Å². The Kier molecular flexibility index (Phi) is 6.83. The maximum atomic E-state index is 11.8. The third kappa shape index (κ3) is 5.50. The average molecular weight is 343 g/mol. The molecule has 0 aliphatic rings. The van der Waals surface area contributed by atoms with Crippen LogP contribution in [0.2, 0.25) is 0 Å². The van der Waals surface area contributed by atoms with Gasteiger partial charge in [0.25, 0.3) is 0 Å². The second-order valence-electron chi connectivity index (χ2n) is 6.13. The van der Waals surface area contributed by atoms with Crippen LogP contribution < -0.4 is 9.47 Å². The molecule has 2 aromatic rings. The van der Waals surface area contributed by atoms with Crippen molar-refractivity contribution in [3.63, 3.8) is 0 Å². The van der Waals surface area contributed by atoms with Gasteiger partial charge in [-0.2, -0.15) is 0 Å². The summed E-state index contributed by atoms with van der Waals surface area (Å²) in [5.74, 6) is -0.0396. The molecule has 0 saturated carbocycles. The van der Waals surface area contributed by atoms with E-state index in [9.17, 15) is 9.90 Å². The number of para-hydroxylation sites is 1. The third-order valence-electron chi connectivity index (χ3n) is 4.01. The Morgan fingerprint density at radius 2 is 1.80 bits per heavy atom. The van der Waals surface area contributed by atoms with Gasteiger partial charge in [0.1, 0.15) is 18.1 Å². The predicted octanol–water partition coefficient (Wildman–Crippen LogP) is 3.05. The van der Waals surface area contributed by atoms with Gasteiger partial charge in [-0.3, -0.25) is 4.79 Å². The van der Waals surface area contributed by atoms with Crippen molar-refractivity contribution in [3.8, 4) is 11.5 Å². The van der Waals surface area contributed by atoms with Crippen LogP contribution in [-0.2, 0) is 11.2 Å². The first kappa shape index (κ1) is 18.8. The molecule has 0 heterocycles. The number of nitrogens with zero attached hydrogens (tertiary/aromatic N) is 1. The van der Waals surface area contributed by atoms with Crippen LogP contribution in [0.5, 0.6) is 11.5 Å². The monoisotopic (exact) mass is 343 g/mol. The van der Waals surface area contributed by atoms with Crippen LogP contribution in [0.25, 0.3) is 0 Å². The van der Waals surface area contributed by atoms with Crippen molar-refractivity contribution in [2.24, 2.45) is 0 Å². The summed E-state index contributed by atoms with van der Waals surface area (Å²) in [6.07, 6.45) is 0.375. The zero-order chi connectivity index (χ0) is 18.2. The van der Waals surface area contributed by atoms with E-state index in [1.54, 1.807) is 31.4 Å². The van der Waals surface area contributed by atoms with Gasteiger partial charge in [0.15, 0.2) is 0 Å². The standard InChI is InChI=1S/C20H25NO4/c1-21(2)12-13-25-19-7-5-4-6-16(19)14-18(20(22)23)15-8-10-17(24-3)11-9-15/h4-11,18H,12-14H2,1-3H3,(H,22,23). The molecular formula is C20H25NO4. The Morgan fingerprint density at radius 1 is 1.12 bits per heavy atom. The molecule has 0 amide bonds. The average Bonchev–Trinajstić information content (AvgIpc) is 2.60. The van der Waals surface area contributed by atoms with E-state index < -0.39 is 11.9 Å². The number of carbonyl (C=O) groups is 1. The quantitative estimate of drug-likeness (QED) is 0.758. The van der Waals surface area contributed by atoms with Crippen LogP contribution in [-0.4, -0.2) is 50.3 Å². The molecule has 5 nitrogen and oxygen atoms in total. The minimum atomic E-state index is -0.853. The molecule has 1 atom stereocenters. The van der Waals surface area contributed by atoms with Crippen molar-refractivity contribution < 1.29 is 19.4 Å². The lowest BCUT2D eigenvalue weighted by Gasteiger charge is -2.17. The summed E-state index contributed by atoms with van der Waals surface area (Å²) in [5, 5.41) is 9.68. The van der Waals surface area contributed by atoms with Crippen LogP contribution in [0.4, 0.5) is 0 Å². The van der Waals surface area contributed by atoms with Gasteiger partial charge in [0, 0.05) is 6.54 Å². The van der Waals surface area contributed by atoms with Crippen LogP contribution in [0.1, 0.15) is 17.0 Å². The Hall–Kier alpha value is -2.53. The van der Waals surface area contributed by atoms with Crippen LogP contribution in [0.3, 0.4) is 0 Å². The Morgan fingerprint density at radius 3 is 2.40 bits per heavy atom. The van der Waals surface area contributed by atoms with Crippen molar-refractivity contribution in [2.45, 2.75) is 12.3 Å². The highest BCUT2D eigenvalue weighted by molar-refractivity contribution is 5.76. The van der Waals surface area contributed by atoms with E-state index in [0.29, 0.717) is 18.8 Å². The van der Waals surface area contributed by atoms with E-state index in [2.05, 4.69) is 0 Å². The summed E-state index contributed by atoms with van der Waals surface area (Å²) in [4.78, 5) is 13.8. The molecule has 2 aromatic carbocycles. The van der Waals surface area contributed by atoms with Gasteiger partial charge in [0.2, 0.25) is 0 Å². The molecule has 1 unspecified atom stereocenters. The van der Waals surface area contributed by atoms with Crippen molar-refractivity contribution in [2.75, 3.05) is 34.4 Å². The lowest BCUT2D eigenvalue weighted by Crippen LogP contribution is -2.20. The number of carboxylic acids is 1. The first-order valence-corrected chi connectivity index (χ1v) is 8.23. The van der Waals surface area contributed by atoms with E-state index in [-0.39, 0.29) is 0 Å². The number of methoxy groups -OCH3 is 1. The lowest BCUT2D eigenvalue weighted by molar-refractivity contribution is -0.138. The van der Waals surface area contributed by atoms with Crippen LogP contribution >= 0.6 is 0 Å². The number of aliphatic carboxylic acids is 1. The molecule has 0 bridgehead atoms. The normalized spacial score (nSPS) is 12.0. The predicted molar refractivity (Wildman–Crippen MR) is 97.6 cm³/mol. The Labute approximate surface area is 148 Å². The van der Waals surface area contributed by atoms with E-state index in [0.717, 1.165) is 23.4 Å². The fraction of sp³-hybridized carbons (Fsp3) is 0.350. The summed E-state index contributed by atoms with van der Waals surface area (Å²) in [7, 11) is 5.56. The summed E-state index contributed by atoms with van der Waals surface area (Å²) in [6.45, 7) is 1.36. The van der Waals surface area contributed by atoms with Gasteiger partial charge in [0.05, 0.1) is 13.0 Å². The second-order valence-corrected chi connectivity index (χ2v) is 6.13. The van der Waals surface area contributed by atoms with Crippen molar-refractivity contribution >= 4 is 5.97 Å². The summed E-state index contributed by atoms with van der Waals surface area (Å²) >= 11 is 0. The van der Waals surface area contributed by atoms with Crippen molar-refractivity contribution in [1.29, 1.82) is 0 Å². The number of carboxylic acid groups (broad SMARTS) is 1. The zero-order valence-electron chi connectivity index (χ0n) is 14.9. The fourth-order valence-corrected chi connectivity index (χ4v) is 2.56. The van der Waals surface area contributed by atoms with Gasteiger partial charge >= 0.3 is 5.97 Å². The Balaban J connectivity index is 2.17. The number of rotatable bonds is 9. The minimum Gasteiger partial charge on any atom is -0.497 e. The molecule has 0 aliphatic heterocycles. The molecule has 0 saturated heterocycles. The van der Waals surface area contributed by atoms with E-state index in [4.69, 9.17) is 9.47 Å². The molecule has 0 radical (unpaired) electrons. The number of ether oxygens (including phenoxy) is 2. The molecule has 0 aromatic heterocycles. The highest BCUT2D eigenvalue weighted by Gasteiger charge is 2.22. The molecule has 1 N–H and O–H groups in total. The molecule has 25 heavy (non-hydrogen) atoms. The number of hydrogen-bond donors (Lipinski definition) is 1. The van der Waals surface area contributed by atoms with Crippen molar-refractivity contribution in [3.05, 3.63) is 59.7 Å². The number of hydrogen-bond acceptors (Lipinski definition) is 4. The maximum absolute atomic E-state index is 11.8. The van der Waals surface area contributed by atoms with E-state index in [1.807, 2.05) is 43.3 Å². The molecule has 5 heteroatoms. The van der Waals surface area contributed by atoms with E-state index >= 15 is 0 Å². The Bertz CT molecular complexity index is 682. The highest BCUT2D eigenvalue weighted by atomic mass is 16.5. The first-order chi connectivity index (χ1) is 12.0. The summed E-state index contributed by atoms with van der Waals surface area (Å²) < 4.78 is 11.0. The number of benzene rings is 2. The minimum absolute atomic E-state index is 0.375. The molecule has 0 spiro atoms. The SMILES string of the molecule is COc1ccc(C(Cc2ccccc2OCCN(C)C)C(=O)O)cc1. The summed E-state index contributed by atoms with van der Waals surface area (Å²) in [5.41, 5.74) is 1.64. The van der Waals surface area contributed by atoms with Gasteiger partial charge in [-0.05, 0) is 49.8 Å². The zero-order valence-corrected chi connectivity index (χ0v) is 14.9. The third-order valence-corrected chi connectivity index (χ3v) is 4.01. The molecule has 134 valence electrons. The molecule has 2 rings (SSSR count). The lowest BCUT2D eigenvalue weighted by atomic mass is 9.91. The maximum Gasteiger partial charge on any atom is 0.311 e. The number of likely N-dealkylation sites (N-methyl/N-ethyl adjacent to an activating group) is 1. The largest absolute Gasteiger partial charge is 0.497 e. The topological polar surface area (TPSA) is 59.0 Å². The molecule has 0 fully saturated rings. The second kappa shape index (κ2) is 9.08. The van der Waals surface area contributed by atoms with Gasteiger partial charge in [-0.15, -0.1) is 0 Å². The molecule has 0 aliphatic carbocycles. The highest BCUT2D eigenvalue weighted by Crippen LogP contribution is 2.28. The van der Waals surface area contributed by atoms with Crippen molar-refractivity contribution in [1.82, 2.24) is 4.90 Å².